The lowest BCUT2D eigenvalue weighted by molar-refractivity contribution is 0.143. The van der Waals surface area contributed by atoms with Crippen LogP contribution in [0.4, 0.5) is 8.78 Å². The Morgan fingerprint density at radius 1 is 1.17 bits per heavy atom. The molecule has 0 unspecified atom stereocenters. The summed E-state index contributed by atoms with van der Waals surface area (Å²) in [6.45, 7) is 7.80. The Labute approximate surface area is 175 Å². The van der Waals surface area contributed by atoms with E-state index in [1.165, 1.54) is 16.8 Å². The van der Waals surface area contributed by atoms with Crippen LogP contribution < -0.4 is 5.32 Å². The van der Waals surface area contributed by atoms with Gasteiger partial charge in [-0.15, -0.1) is 0 Å². The van der Waals surface area contributed by atoms with Gasteiger partial charge in [0.15, 0.2) is 5.82 Å². The molecular formula is C24H25F2N3O. The first-order valence-corrected chi connectivity index (χ1v) is 9.72. The van der Waals surface area contributed by atoms with Crippen LogP contribution in [0.15, 0.2) is 48.7 Å². The molecule has 0 radical (unpaired) electrons. The first-order chi connectivity index (χ1) is 14.1. The lowest BCUT2D eigenvalue weighted by Crippen LogP contribution is -2.18. The van der Waals surface area contributed by atoms with Crippen molar-refractivity contribution in [2.75, 3.05) is 0 Å². The van der Waals surface area contributed by atoms with Gasteiger partial charge in [-0.25, -0.2) is 13.5 Å². The zero-order valence-corrected chi connectivity index (χ0v) is 17.5. The number of aliphatic hydroxyl groups is 1. The molecule has 0 spiro atoms. The highest BCUT2D eigenvalue weighted by molar-refractivity contribution is 5.38. The summed E-state index contributed by atoms with van der Waals surface area (Å²) >= 11 is 0. The Bertz CT molecular complexity index is 1090. The minimum Gasteiger partial charge on any atom is -0.378 e. The summed E-state index contributed by atoms with van der Waals surface area (Å²) in [6, 6.07) is 11.2. The Kier molecular flexibility index (Phi) is 6.35. The number of hydrogen-bond acceptors (Lipinski definition) is 3. The number of aromatic nitrogens is 2. The summed E-state index contributed by atoms with van der Waals surface area (Å²) in [5.41, 5.74) is 2.85. The molecule has 1 heterocycles. The first kappa shape index (κ1) is 21.7. The van der Waals surface area contributed by atoms with E-state index in [0.717, 1.165) is 28.5 Å². The van der Waals surface area contributed by atoms with Crippen molar-refractivity contribution in [3.63, 3.8) is 0 Å². The highest BCUT2D eigenvalue weighted by Gasteiger charge is 2.16. The summed E-state index contributed by atoms with van der Waals surface area (Å²) in [7, 11) is 0. The van der Waals surface area contributed by atoms with Gasteiger partial charge in [-0.05, 0) is 57.5 Å². The Morgan fingerprint density at radius 2 is 1.87 bits per heavy atom. The molecule has 4 nitrogen and oxygen atoms in total. The van der Waals surface area contributed by atoms with Crippen LogP contribution in [0, 0.1) is 30.4 Å². The molecule has 2 N–H and O–H groups in total. The Morgan fingerprint density at radius 3 is 2.50 bits per heavy atom. The first-order valence-electron chi connectivity index (χ1n) is 9.72. The summed E-state index contributed by atoms with van der Waals surface area (Å²) in [5, 5.41) is 17.4. The lowest BCUT2D eigenvalue weighted by Gasteiger charge is -2.14. The van der Waals surface area contributed by atoms with Gasteiger partial charge in [-0.3, -0.25) is 0 Å². The second kappa shape index (κ2) is 8.78. The molecule has 0 saturated heterocycles. The van der Waals surface area contributed by atoms with E-state index in [1.807, 2.05) is 38.1 Å². The molecule has 0 aliphatic rings. The molecule has 3 rings (SSSR count). The fourth-order valence-electron chi connectivity index (χ4n) is 3.06. The molecule has 1 aromatic heterocycles. The van der Waals surface area contributed by atoms with Gasteiger partial charge in [0.05, 0.1) is 6.20 Å². The molecule has 3 aromatic rings. The molecule has 1 atom stereocenters. The number of halogens is 2. The minimum absolute atomic E-state index is 0.0167. The van der Waals surface area contributed by atoms with Gasteiger partial charge < -0.3 is 10.4 Å². The fraction of sp³-hybridized carbons (Fsp3) is 0.292. The van der Waals surface area contributed by atoms with Crippen LogP contribution in [0.5, 0.6) is 0 Å². The largest absolute Gasteiger partial charge is 0.378 e. The topological polar surface area (TPSA) is 50.1 Å². The molecule has 156 valence electrons. The van der Waals surface area contributed by atoms with Crippen LogP contribution in [0.3, 0.4) is 0 Å². The molecule has 6 heteroatoms. The minimum atomic E-state index is -1.02. The highest BCUT2D eigenvalue weighted by Crippen LogP contribution is 2.22. The van der Waals surface area contributed by atoms with Crippen molar-refractivity contribution in [3.05, 3.63) is 82.7 Å². The second-order valence-corrected chi connectivity index (χ2v) is 7.80. The van der Waals surface area contributed by atoms with Crippen LogP contribution in [0.25, 0.3) is 5.69 Å². The Hall–Kier alpha value is -3.01. The molecule has 0 aliphatic carbocycles. The number of benzene rings is 2. The van der Waals surface area contributed by atoms with E-state index in [2.05, 4.69) is 22.3 Å². The van der Waals surface area contributed by atoms with Crippen molar-refractivity contribution in [2.24, 2.45) is 0 Å². The third kappa shape index (κ3) is 5.32. The van der Waals surface area contributed by atoms with E-state index in [-0.39, 0.29) is 11.7 Å². The second-order valence-electron chi connectivity index (χ2n) is 7.80. The van der Waals surface area contributed by atoms with E-state index in [0.29, 0.717) is 6.54 Å². The van der Waals surface area contributed by atoms with Crippen molar-refractivity contribution < 1.29 is 13.9 Å². The summed E-state index contributed by atoms with van der Waals surface area (Å²) in [5.74, 6) is 4.47. The lowest BCUT2D eigenvalue weighted by atomic mass is 10.1. The van der Waals surface area contributed by atoms with Gasteiger partial charge in [0, 0.05) is 35.5 Å². The van der Waals surface area contributed by atoms with Crippen LogP contribution in [0.1, 0.15) is 49.2 Å². The molecule has 0 aliphatic heterocycles. The van der Waals surface area contributed by atoms with Crippen LogP contribution in [-0.2, 0) is 6.54 Å². The van der Waals surface area contributed by atoms with E-state index in [4.69, 9.17) is 0 Å². The number of hydrogen-bond donors (Lipinski definition) is 2. The number of nitrogens with one attached hydrogen (secondary N) is 1. The van der Waals surface area contributed by atoms with Crippen LogP contribution >= 0.6 is 0 Å². The fourth-order valence-corrected chi connectivity index (χ4v) is 3.06. The van der Waals surface area contributed by atoms with Gasteiger partial charge >= 0.3 is 0 Å². The van der Waals surface area contributed by atoms with Gasteiger partial charge in [0.2, 0.25) is 0 Å². The molecule has 0 fully saturated rings. The Balaban J connectivity index is 1.67. The molecule has 30 heavy (non-hydrogen) atoms. The normalized spacial score (nSPS) is 12.4. The quantitative estimate of drug-likeness (QED) is 0.613. The maximum Gasteiger partial charge on any atom is 0.151 e. The van der Waals surface area contributed by atoms with Gasteiger partial charge in [0.1, 0.15) is 17.1 Å². The molecule has 0 bridgehead atoms. The van der Waals surface area contributed by atoms with Crippen molar-refractivity contribution >= 4 is 0 Å². The predicted molar refractivity (Wildman–Crippen MR) is 113 cm³/mol. The van der Waals surface area contributed by atoms with E-state index >= 15 is 0 Å². The van der Waals surface area contributed by atoms with Crippen LogP contribution in [-0.4, -0.2) is 20.5 Å². The van der Waals surface area contributed by atoms with Crippen molar-refractivity contribution in [1.82, 2.24) is 15.1 Å². The van der Waals surface area contributed by atoms with Crippen molar-refractivity contribution in [3.8, 4) is 17.5 Å². The van der Waals surface area contributed by atoms with E-state index in [9.17, 15) is 13.9 Å². The van der Waals surface area contributed by atoms with Crippen LogP contribution in [0.2, 0.25) is 0 Å². The zero-order valence-electron chi connectivity index (χ0n) is 17.5. The average Bonchev–Trinajstić information content (AvgIpc) is 3.06. The molecular weight excluding hydrogens is 384 g/mol. The van der Waals surface area contributed by atoms with Gasteiger partial charge in [-0.2, -0.15) is 5.10 Å². The SMILES string of the molecule is Cc1c([C@@H](C)NCc2ccc(C#CC(C)(C)O)cc2)cnn1-c1ccc(F)cc1F. The third-order valence-electron chi connectivity index (χ3n) is 4.73. The highest BCUT2D eigenvalue weighted by atomic mass is 19.1. The average molecular weight is 409 g/mol. The molecule has 0 amide bonds. The van der Waals surface area contributed by atoms with Gasteiger partial charge in [0.25, 0.3) is 0 Å². The van der Waals surface area contributed by atoms with E-state index < -0.39 is 17.2 Å². The summed E-state index contributed by atoms with van der Waals surface area (Å²) in [4.78, 5) is 0. The van der Waals surface area contributed by atoms with E-state index in [1.54, 1.807) is 20.0 Å². The third-order valence-corrected chi connectivity index (χ3v) is 4.73. The van der Waals surface area contributed by atoms with Gasteiger partial charge in [-0.1, -0.05) is 24.0 Å². The maximum atomic E-state index is 14.1. The number of rotatable bonds is 5. The summed E-state index contributed by atoms with van der Waals surface area (Å²) in [6.07, 6.45) is 1.70. The molecule has 2 aromatic carbocycles. The zero-order chi connectivity index (χ0) is 21.9. The predicted octanol–water partition coefficient (Wildman–Crippen LogP) is 4.43. The van der Waals surface area contributed by atoms with Crippen molar-refractivity contribution in [1.29, 1.82) is 0 Å². The number of nitrogens with zero attached hydrogens (tertiary/aromatic N) is 2. The molecule has 0 saturated carbocycles. The van der Waals surface area contributed by atoms with Crippen molar-refractivity contribution in [2.45, 2.75) is 45.9 Å². The standard InChI is InChI=1S/C24H25F2N3O/c1-16(27-14-19-7-5-18(6-8-19)11-12-24(3,4)30)21-15-28-29(17(21)2)23-10-9-20(25)13-22(23)26/h5-10,13,15-16,27,30H,14H2,1-4H3/t16-/m1/s1. The monoisotopic (exact) mass is 409 g/mol. The summed E-state index contributed by atoms with van der Waals surface area (Å²) < 4.78 is 28.8. The maximum absolute atomic E-state index is 14.1. The smallest absolute Gasteiger partial charge is 0.151 e.